The van der Waals surface area contributed by atoms with E-state index < -0.39 is 0 Å². The number of aryl methyl sites for hydroxylation is 1. The SMILES string of the molecule is CC(CC1CC1)NC(=O)CCc1cccc(N)c1. The molecule has 1 aliphatic rings. The van der Waals surface area contributed by atoms with E-state index in [2.05, 4.69) is 12.2 Å². The number of anilines is 1. The highest BCUT2D eigenvalue weighted by molar-refractivity contribution is 5.76. The summed E-state index contributed by atoms with van der Waals surface area (Å²) in [6, 6.07) is 8.04. The molecule has 1 atom stereocenters. The van der Waals surface area contributed by atoms with Crippen molar-refractivity contribution in [2.75, 3.05) is 5.73 Å². The summed E-state index contributed by atoms with van der Waals surface area (Å²) in [5.74, 6) is 1.000. The van der Waals surface area contributed by atoms with E-state index in [9.17, 15) is 4.79 Å². The zero-order chi connectivity index (χ0) is 13.0. The molecule has 18 heavy (non-hydrogen) atoms. The molecule has 1 amide bonds. The number of nitrogen functional groups attached to an aromatic ring is 1. The van der Waals surface area contributed by atoms with Gasteiger partial charge < -0.3 is 11.1 Å². The fourth-order valence-electron chi connectivity index (χ4n) is 2.27. The minimum Gasteiger partial charge on any atom is -0.399 e. The van der Waals surface area contributed by atoms with Crippen LogP contribution >= 0.6 is 0 Å². The highest BCUT2D eigenvalue weighted by Gasteiger charge is 2.23. The Hall–Kier alpha value is -1.51. The summed E-state index contributed by atoms with van der Waals surface area (Å²) in [5.41, 5.74) is 7.59. The van der Waals surface area contributed by atoms with Gasteiger partial charge >= 0.3 is 0 Å². The first kappa shape index (κ1) is 12.9. The Kier molecular flexibility index (Phi) is 4.24. The Balaban J connectivity index is 1.70. The average molecular weight is 246 g/mol. The number of rotatable bonds is 6. The quantitative estimate of drug-likeness (QED) is 0.758. The van der Waals surface area contributed by atoms with Gasteiger partial charge in [0, 0.05) is 18.2 Å². The van der Waals surface area contributed by atoms with Crippen LogP contribution in [0.4, 0.5) is 5.69 Å². The molecule has 1 aliphatic carbocycles. The van der Waals surface area contributed by atoms with E-state index in [1.54, 1.807) is 0 Å². The highest BCUT2D eigenvalue weighted by atomic mass is 16.1. The predicted octanol–water partition coefficient (Wildman–Crippen LogP) is 2.51. The Morgan fingerprint density at radius 3 is 2.94 bits per heavy atom. The molecule has 1 aromatic rings. The number of hydrogen-bond donors (Lipinski definition) is 2. The van der Waals surface area contributed by atoms with Crippen molar-refractivity contribution in [2.24, 2.45) is 5.92 Å². The van der Waals surface area contributed by atoms with Crippen LogP contribution in [0.25, 0.3) is 0 Å². The van der Waals surface area contributed by atoms with Gasteiger partial charge in [-0.05, 0) is 43.4 Å². The van der Waals surface area contributed by atoms with E-state index in [0.717, 1.165) is 30.0 Å². The van der Waals surface area contributed by atoms with Crippen molar-refractivity contribution < 1.29 is 4.79 Å². The number of nitrogens with two attached hydrogens (primary N) is 1. The van der Waals surface area contributed by atoms with Crippen molar-refractivity contribution >= 4 is 11.6 Å². The molecule has 0 spiro atoms. The van der Waals surface area contributed by atoms with Crippen LogP contribution < -0.4 is 11.1 Å². The molecule has 0 bridgehead atoms. The van der Waals surface area contributed by atoms with Gasteiger partial charge in [0.25, 0.3) is 0 Å². The van der Waals surface area contributed by atoms with Crippen molar-refractivity contribution in [1.29, 1.82) is 0 Å². The number of nitrogens with one attached hydrogen (secondary N) is 1. The molecule has 3 heteroatoms. The van der Waals surface area contributed by atoms with Crippen LogP contribution in [0, 0.1) is 5.92 Å². The molecule has 98 valence electrons. The number of carbonyl (C=O) groups excluding carboxylic acids is 1. The van der Waals surface area contributed by atoms with Crippen LogP contribution in [0.5, 0.6) is 0 Å². The number of amides is 1. The van der Waals surface area contributed by atoms with E-state index in [-0.39, 0.29) is 5.91 Å². The molecule has 1 saturated carbocycles. The van der Waals surface area contributed by atoms with Crippen LogP contribution in [0.1, 0.15) is 38.2 Å². The third-order valence-electron chi connectivity index (χ3n) is 3.38. The molecule has 2 rings (SSSR count). The Labute approximate surface area is 109 Å². The average Bonchev–Trinajstić information content (AvgIpc) is 3.10. The molecule has 0 aliphatic heterocycles. The summed E-state index contributed by atoms with van der Waals surface area (Å²) >= 11 is 0. The maximum atomic E-state index is 11.8. The summed E-state index contributed by atoms with van der Waals surface area (Å²) < 4.78 is 0. The van der Waals surface area contributed by atoms with Crippen LogP contribution in [0.3, 0.4) is 0 Å². The molecule has 1 fully saturated rings. The first-order chi connectivity index (χ1) is 8.63. The van der Waals surface area contributed by atoms with E-state index in [4.69, 9.17) is 5.73 Å². The predicted molar refractivity (Wildman–Crippen MR) is 74.1 cm³/mol. The number of hydrogen-bond acceptors (Lipinski definition) is 2. The molecule has 0 heterocycles. The second-order valence-electron chi connectivity index (χ2n) is 5.39. The lowest BCUT2D eigenvalue weighted by molar-refractivity contribution is -0.121. The minimum atomic E-state index is 0.144. The third kappa shape index (κ3) is 4.40. The zero-order valence-electron chi connectivity index (χ0n) is 11.0. The highest BCUT2D eigenvalue weighted by Crippen LogP contribution is 2.33. The topological polar surface area (TPSA) is 55.1 Å². The van der Waals surface area contributed by atoms with Gasteiger partial charge in [0.05, 0.1) is 0 Å². The van der Waals surface area contributed by atoms with E-state index in [1.807, 2.05) is 24.3 Å². The lowest BCUT2D eigenvalue weighted by Crippen LogP contribution is -2.32. The van der Waals surface area contributed by atoms with Crippen LogP contribution in [-0.4, -0.2) is 11.9 Å². The fourth-order valence-corrected chi connectivity index (χ4v) is 2.27. The normalized spacial score (nSPS) is 16.3. The van der Waals surface area contributed by atoms with Gasteiger partial charge in [-0.2, -0.15) is 0 Å². The van der Waals surface area contributed by atoms with Crippen LogP contribution in [0.2, 0.25) is 0 Å². The van der Waals surface area contributed by atoms with Crippen molar-refractivity contribution in [3.63, 3.8) is 0 Å². The van der Waals surface area contributed by atoms with Crippen molar-refractivity contribution in [1.82, 2.24) is 5.32 Å². The fraction of sp³-hybridized carbons (Fsp3) is 0.533. The molecule has 0 saturated heterocycles. The van der Waals surface area contributed by atoms with Gasteiger partial charge in [-0.25, -0.2) is 0 Å². The van der Waals surface area contributed by atoms with Crippen LogP contribution in [0.15, 0.2) is 24.3 Å². The van der Waals surface area contributed by atoms with Crippen molar-refractivity contribution in [2.45, 2.75) is 45.1 Å². The Morgan fingerprint density at radius 2 is 2.28 bits per heavy atom. The summed E-state index contributed by atoms with van der Waals surface area (Å²) in [4.78, 5) is 11.8. The first-order valence-corrected chi connectivity index (χ1v) is 6.77. The van der Waals surface area contributed by atoms with Gasteiger partial charge in [0.15, 0.2) is 0 Å². The van der Waals surface area contributed by atoms with E-state index in [0.29, 0.717) is 12.5 Å². The third-order valence-corrected chi connectivity index (χ3v) is 3.38. The van der Waals surface area contributed by atoms with Gasteiger partial charge in [-0.15, -0.1) is 0 Å². The summed E-state index contributed by atoms with van der Waals surface area (Å²) in [6.45, 7) is 2.09. The largest absolute Gasteiger partial charge is 0.399 e. The monoisotopic (exact) mass is 246 g/mol. The standard InChI is InChI=1S/C15H22N2O/c1-11(9-13-5-6-13)17-15(18)8-7-12-3-2-4-14(16)10-12/h2-4,10-11,13H,5-9,16H2,1H3,(H,17,18). The van der Waals surface area contributed by atoms with Crippen molar-refractivity contribution in [3.8, 4) is 0 Å². The van der Waals surface area contributed by atoms with Gasteiger partial charge in [0.1, 0.15) is 0 Å². The molecule has 1 unspecified atom stereocenters. The second-order valence-corrected chi connectivity index (χ2v) is 5.39. The second kappa shape index (κ2) is 5.89. The maximum absolute atomic E-state index is 11.8. The molecule has 0 aromatic heterocycles. The molecule has 0 radical (unpaired) electrons. The molecule has 1 aromatic carbocycles. The number of carbonyl (C=O) groups is 1. The van der Waals surface area contributed by atoms with Crippen molar-refractivity contribution in [3.05, 3.63) is 29.8 Å². The smallest absolute Gasteiger partial charge is 0.220 e. The Morgan fingerprint density at radius 1 is 1.50 bits per heavy atom. The lowest BCUT2D eigenvalue weighted by atomic mass is 10.1. The minimum absolute atomic E-state index is 0.144. The van der Waals surface area contributed by atoms with Gasteiger partial charge in [0.2, 0.25) is 5.91 Å². The first-order valence-electron chi connectivity index (χ1n) is 6.77. The molecule has 3 N–H and O–H groups in total. The Bertz CT molecular complexity index is 413. The lowest BCUT2D eigenvalue weighted by Gasteiger charge is -2.13. The molecular formula is C15H22N2O. The molecular weight excluding hydrogens is 224 g/mol. The molecule has 3 nitrogen and oxygen atoms in total. The maximum Gasteiger partial charge on any atom is 0.220 e. The van der Waals surface area contributed by atoms with Gasteiger partial charge in [-0.1, -0.05) is 25.0 Å². The zero-order valence-corrected chi connectivity index (χ0v) is 11.0. The summed E-state index contributed by atoms with van der Waals surface area (Å²) in [7, 11) is 0. The number of benzene rings is 1. The van der Waals surface area contributed by atoms with E-state index in [1.165, 1.54) is 12.8 Å². The summed E-state index contributed by atoms with van der Waals surface area (Å²) in [5, 5.41) is 3.07. The van der Waals surface area contributed by atoms with Crippen LogP contribution in [-0.2, 0) is 11.2 Å². The van der Waals surface area contributed by atoms with E-state index >= 15 is 0 Å². The van der Waals surface area contributed by atoms with Gasteiger partial charge in [-0.3, -0.25) is 4.79 Å². The summed E-state index contributed by atoms with van der Waals surface area (Å²) in [6.07, 6.45) is 5.10.